The maximum Gasteiger partial charge on any atom is 0.0425 e. The van der Waals surface area contributed by atoms with E-state index in [0.717, 1.165) is 17.6 Å². The lowest BCUT2D eigenvalue weighted by Gasteiger charge is -2.33. The van der Waals surface area contributed by atoms with Crippen LogP contribution in [0.4, 0.5) is 5.69 Å². The highest BCUT2D eigenvalue weighted by atomic mass is 79.9. The third-order valence-corrected chi connectivity index (χ3v) is 4.09. The molecule has 3 heteroatoms. The summed E-state index contributed by atoms with van der Waals surface area (Å²) in [5.41, 5.74) is 2.74. The average Bonchev–Trinajstić information content (AvgIpc) is 2.41. The zero-order valence-electron chi connectivity index (χ0n) is 12.7. The average molecular weight is 327 g/mol. The lowest BCUT2D eigenvalue weighted by Crippen LogP contribution is -2.34. The molecule has 1 aromatic carbocycles. The second-order valence-electron chi connectivity index (χ2n) is 5.11. The lowest BCUT2D eigenvalue weighted by atomic mass is 10.1. The molecule has 0 heterocycles. The number of hydrogen-bond acceptors (Lipinski definition) is 2. The Morgan fingerprint density at radius 1 is 1.32 bits per heavy atom. The van der Waals surface area contributed by atoms with Crippen LogP contribution in [0.15, 0.2) is 22.7 Å². The van der Waals surface area contributed by atoms with E-state index in [2.05, 4.69) is 65.1 Å². The molecule has 1 unspecified atom stereocenters. The van der Waals surface area contributed by atoms with Crippen molar-refractivity contribution in [2.45, 2.75) is 52.6 Å². The van der Waals surface area contributed by atoms with Crippen LogP contribution in [0.3, 0.4) is 0 Å². The first kappa shape index (κ1) is 16.5. The molecule has 0 aliphatic rings. The minimum absolute atomic E-state index is 0.580. The third-order valence-electron chi connectivity index (χ3n) is 3.60. The predicted molar refractivity (Wildman–Crippen MR) is 88.9 cm³/mol. The fraction of sp³-hybridized carbons (Fsp3) is 0.625. The second kappa shape index (κ2) is 8.60. The number of halogens is 1. The van der Waals surface area contributed by atoms with Crippen molar-refractivity contribution in [2.24, 2.45) is 0 Å². The first-order valence-corrected chi connectivity index (χ1v) is 8.12. The van der Waals surface area contributed by atoms with E-state index in [4.69, 9.17) is 0 Å². The molecule has 2 nitrogen and oxygen atoms in total. The molecule has 0 fully saturated rings. The summed E-state index contributed by atoms with van der Waals surface area (Å²) < 4.78 is 1.16. The molecule has 0 saturated heterocycles. The van der Waals surface area contributed by atoms with E-state index in [1.807, 2.05) is 7.05 Å². The number of benzene rings is 1. The highest BCUT2D eigenvalue weighted by Crippen LogP contribution is 2.28. The van der Waals surface area contributed by atoms with Crippen LogP contribution in [0, 0.1) is 0 Å². The highest BCUT2D eigenvalue weighted by Gasteiger charge is 2.16. The van der Waals surface area contributed by atoms with Crippen LogP contribution in [0.1, 0.15) is 45.6 Å². The second-order valence-corrected chi connectivity index (χ2v) is 6.02. The smallest absolute Gasteiger partial charge is 0.0425 e. The monoisotopic (exact) mass is 326 g/mol. The fourth-order valence-corrected chi connectivity index (χ4v) is 2.62. The van der Waals surface area contributed by atoms with E-state index in [1.165, 1.54) is 30.5 Å². The van der Waals surface area contributed by atoms with Crippen molar-refractivity contribution in [3.05, 3.63) is 28.2 Å². The predicted octanol–water partition coefficient (Wildman–Crippen LogP) is 4.57. The number of nitrogens with one attached hydrogen (secondary N) is 1. The minimum atomic E-state index is 0.580. The minimum Gasteiger partial charge on any atom is -0.369 e. The summed E-state index contributed by atoms with van der Waals surface area (Å²) in [5, 5.41) is 3.27. The van der Waals surface area contributed by atoms with E-state index in [9.17, 15) is 0 Å². The Bertz CT molecular complexity index is 379. The van der Waals surface area contributed by atoms with E-state index < -0.39 is 0 Å². The molecular weight excluding hydrogens is 300 g/mol. The van der Waals surface area contributed by atoms with Crippen LogP contribution in [-0.4, -0.2) is 19.6 Å². The molecule has 0 aromatic heterocycles. The molecule has 1 rings (SSSR count). The van der Waals surface area contributed by atoms with E-state index in [0.29, 0.717) is 6.04 Å². The molecule has 0 radical (unpaired) electrons. The Labute approximate surface area is 126 Å². The summed E-state index contributed by atoms with van der Waals surface area (Å²) in [7, 11) is 2.01. The van der Waals surface area contributed by atoms with Gasteiger partial charge in [-0.05, 0) is 44.5 Å². The quantitative estimate of drug-likeness (QED) is 0.752. The Hall–Kier alpha value is -0.540. The van der Waals surface area contributed by atoms with Gasteiger partial charge in [0.25, 0.3) is 0 Å². The van der Waals surface area contributed by atoms with Gasteiger partial charge in [0, 0.05) is 29.3 Å². The first-order valence-electron chi connectivity index (χ1n) is 7.33. The number of unbranched alkanes of at least 4 members (excludes halogenated alkanes) is 1. The van der Waals surface area contributed by atoms with E-state index in [1.54, 1.807) is 0 Å². The Kier molecular flexibility index (Phi) is 7.47. The summed E-state index contributed by atoms with van der Waals surface area (Å²) in [5.74, 6) is 0. The summed E-state index contributed by atoms with van der Waals surface area (Å²) in [6.45, 7) is 8.89. The Morgan fingerprint density at radius 3 is 2.63 bits per heavy atom. The number of nitrogens with zero attached hydrogens (tertiary/aromatic N) is 1. The fourth-order valence-electron chi connectivity index (χ4n) is 2.27. The summed E-state index contributed by atoms with van der Waals surface area (Å²) in [6, 6.07) is 7.19. The SMILES string of the molecule is CCCCN(c1cc(Br)ccc1CNC)C(C)CC. The molecule has 0 spiro atoms. The third kappa shape index (κ3) is 4.81. The van der Waals surface area contributed by atoms with Crippen LogP contribution in [0.2, 0.25) is 0 Å². The first-order chi connectivity index (χ1) is 9.13. The largest absolute Gasteiger partial charge is 0.369 e. The molecule has 0 aliphatic heterocycles. The topological polar surface area (TPSA) is 15.3 Å². The molecule has 1 atom stereocenters. The van der Waals surface area contributed by atoms with Crippen LogP contribution in [-0.2, 0) is 6.54 Å². The lowest BCUT2D eigenvalue weighted by molar-refractivity contribution is 0.592. The Morgan fingerprint density at radius 2 is 2.05 bits per heavy atom. The van der Waals surface area contributed by atoms with Gasteiger partial charge in [0.05, 0.1) is 0 Å². The van der Waals surface area contributed by atoms with Crippen LogP contribution >= 0.6 is 15.9 Å². The van der Waals surface area contributed by atoms with Gasteiger partial charge in [-0.1, -0.05) is 42.3 Å². The van der Waals surface area contributed by atoms with Crippen molar-refractivity contribution in [1.82, 2.24) is 5.32 Å². The molecule has 1 aromatic rings. The van der Waals surface area contributed by atoms with Gasteiger partial charge in [0.2, 0.25) is 0 Å². The maximum absolute atomic E-state index is 3.61. The zero-order valence-corrected chi connectivity index (χ0v) is 14.3. The van der Waals surface area contributed by atoms with Crippen molar-refractivity contribution in [3.8, 4) is 0 Å². The van der Waals surface area contributed by atoms with Gasteiger partial charge in [-0.3, -0.25) is 0 Å². The van der Waals surface area contributed by atoms with Gasteiger partial charge < -0.3 is 10.2 Å². The zero-order chi connectivity index (χ0) is 14.3. The van der Waals surface area contributed by atoms with Crippen molar-refractivity contribution in [3.63, 3.8) is 0 Å². The van der Waals surface area contributed by atoms with Gasteiger partial charge in [0.15, 0.2) is 0 Å². The van der Waals surface area contributed by atoms with Crippen molar-refractivity contribution < 1.29 is 0 Å². The number of hydrogen-bond donors (Lipinski definition) is 1. The normalized spacial score (nSPS) is 12.5. The molecule has 108 valence electrons. The highest BCUT2D eigenvalue weighted by molar-refractivity contribution is 9.10. The van der Waals surface area contributed by atoms with E-state index >= 15 is 0 Å². The molecule has 0 aliphatic carbocycles. The summed E-state index contributed by atoms with van der Waals surface area (Å²) in [6.07, 6.45) is 3.66. The number of anilines is 1. The molecule has 0 bridgehead atoms. The van der Waals surface area contributed by atoms with Crippen molar-refractivity contribution in [2.75, 3.05) is 18.5 Å². The van der Waals surface area contributed by atoms with Crippen LogP contribution < -0.4 is 10.2 Å². The molecule has 0 amide bonds. The summed E-state index contributed by atoms with van der Waals surface area (Å²) >= 11 is 3.61. The van der Waals surface area contributed by atoms with Gasteiger partial charge in [-0.25, -0.2) is 0 Å². The van der Waals surface area contributed by atoms with Gasteiger partial charge in [0.1, 0.15) is 0 Å². The molecule has 1 N–H and O–H groups in total. The van der Waals surface area contributed by atoms with E-state index in [-0.39, 0.29) is 0 Å². The van der Waals surface area contributed by atoms with Gasteiger partial charge >= 0.3 is 0 Å². The maximum atomic E-state index is 3.61. The van der Waals surface area contributed by atoms with Gasteiger partial charge in [-0.15, -0.1) is 0 Å². The standard InChI is InChI=1S/C16H27BrN2/c1-5-7-10-19(13(3)6-2)16-11-15(17)9-8-14(16)12-18-4/h8-9,11,13,18H,5-7,10,12H2,1-4H3. The van der Waals surface area contributed by atoms with Crippen molar-refractivity contribution >= 4 is 21.6 Å². The molecule has 19 heavy (non-hydrogen) atoms. The Balaban J connectivity index is 3.07. The number of rotatable bonds is 8. The van der Waals surface area contributed by atoms with Crippen LogP contribution in [0.5, 0.6) is 0 Å². The molecule has 0 saturated carbocycles. The van der Waals surface area contributed by atoms with Gasteiger partial charge in [-0.2, -0.15) is 0 Å². The van der Waals surface area contributed by atoms with Crippen molar-refractivity contribution in [1.29, 1.82) is 0 Å². The van der Waals surface area contributed by atoms with Crippen LogP contribution in [0.25, 0.3) is 0 Å². The summed E-state index contributed by atoms with van der Waals surface area (Å²) in [4.78, 5) is 2.56. The molecular formula is C16H27BrN2.